The molecule has 0 heterocycles. The number of nitrogens with zero attached hydrogens (tertiary/aromatic N) is 1. The highest BCUT2D eigenvalue weighted by molar-refractivity contribution is 6.40. The van der Waals surface area contributed by atoms with E-state index in [0.717, 1.165) is 6.42 Å². The van der Waals surface area contributed by atoms with Crippen LogP contribution in [0.4, 0.5) is 11.4 Å². The zero-order chi connectivity index (χ0) is 15.4. The number of hydrogen-bond acceptors (Lipinski definition) is 3. The summed E-state index contributed by atoms with van der Waals surface area (Å²) in [5.41, 5.74) is 6.50. The quantitative estimate of drug-likeness (QED) is 0.815. The van der Waals surface area contributed by atoms with Crippen LogP contribution in [0.3, 0.4) is 0 Å². The van der Waals surface area contributed by atoms with Gasteiger partial charge in [0.1, 0.15) is 0 Å². The molecule has 1 aromatic carbocycles. The smallest absolute Gasteiger partial charge is 0.241 e. The van der Waals surface area contributed by atoms with E-state index in [-0.39, 0.29) is 11.9 Å². The van der Waals surface area contributed by atoms with Crippen molar-refractivity contribution in [1.29, 1.82) is 0 Å². The number of nitrogens with one attached hydrogen (secondary N) is 1. The molecule has 4 nitrogen and oxygen atoms in total. The highest BCUT2D eigenvalue weighted by Gasteiger charge is 2.22. The molecule has 0 radical (unpaired) electrons. The minimum absolute atomic E-state index is 0.152. The van der Waals surface area contributed by atoms with Crippen molar-refractivity contribution in [2.24, 2.45) is 0 Å². The summed E-state index contributed by atoms with van der Waals surface area (Å²) < 4.78 is 0. The van der Waals surface area contributed by atoms with Gasteiger partial charge in [0.05, 0.1) is 21.8 Å². The molecule has 0 aliphatic carbocycles. The first-order chi connectivity index (χ1) is 9.27. The monoisotopic (exact) mass is 317 g/mol. The number of rotatable bonds is 5. The molecule has 0 aliphatic rings. The summed E-state index contributed by atoms with van der Waals surface area (Å²) in [5.74, 6) is -0.152. The lowest BCUT2D eigenvalue weighted by Gasteiger charge is -2.29. The third-order valence-corrected chi connectivity index (χ3v) is 4.19. The maximum absolute atomic E-state index is 12.3. The molecule has 0 spiro atoms. The maximum atomic E-state index is 12.3. The number of halogens is 2. The number of anilines is 2. The molecule has 0 fully saturated rings. The summed E-state index contributed by atoms with van der Waals surface area (Å²) in [7, 11) is 1.92. The van der Waals surface area contributed by atoms with Gasteiger partial charge in [0.15, 0.2) is 0 Å². The fraction of sp³-hybridized carbons (Fsp3) is 0.500. The van der Waals surface area contributed by atoms with E-state index in [1.54, 1.807) is 12.1 Å². The standard InChI is InChI=1S/C14H21Cl2N3O/c1-5-8(2)19(4)9(3)14(20)18-13-11(15)6-10(17)7-12(13)16/h6-9H,5,17H2,1-4H3,(H,18,20). The van der Waals surface area contributed by atoms with Gasteiger partial charge in [-0.05, 0) is 39.4 Å². The lowest BCUT2D eigenvalue weighted by atomic mass is 10.1. The lowest BCUT2D eigenvalue weighted by Crippen LogP contribution is -2.44. The summed E-state index contributed by atoms with van der Waals surface area (Å²) in [6, 6.07) is 3.15. The van der Waals surface area contributed by atoms with Gasteiger partial charge in [0.25, 0.3) is 0 Å². The third-order valence-electron chi connectivity index (χ3n) is 3.59. The first-order valence-electron chi connectivity index (χ1n) is 6.55. The van der Waals surface area contributed by atoms with Gasteiger partial charge in [-0.3, -0.25) is 9.69 Å². The number of likely N-dealkylation sites (N-methyl/N-ethyl adjacent to an activating group) is 1. The molecule has 0 aliphatic heterocycles. The van der Waals surface area contributed by atoms with Crippen molar-refractivity contribution in [3.05, 3.63) is 22.2 Å². The Kier molecular flexibility index (Phi) is 6.11. The van der Waals surface area contributed by atoms with Crippen molar-refractivity contribution in [2.45, 2.75) is 39.3 Å². The number of hydrogen-bond donors (Lipinski definition) is 2. The largest absolute Gasteiger partial charge is 0.399 e. The summed E-state index contributed by atoms with van der Waals surface area (Å²) in [6.45, 7) is 6.01. The van der Waals surface area contributed by atoms with Crippen molar-refractivity contribution in [1.82, 2.24) is 4.90 Å². The van der Waals surface area contributed by atoms with Crippen LogP contribution in [-0.2, 0) is 4.79 Å². The van der Waals surface area contributed by atoms with E-state index in [1.165, 1.54) is 0 Å². The van der Waals surface area contributed by atoms with Gasteiger partial charge in [-0.15, -0.1) is 0 Å². The molecule has 20 heavy (non-hydrogen) atoms. The fourth-order valence-corrected chi connectivity index (χ4v) is 2.39. The van der Waals surface area contributed by atoms with E-state index in [9.17, 15) is 4.79 Å². The van der Waals surface area contributed by atoms with E-state index in [4.69, 9.17) is 28.9 Å². The van der Waals surface area contributed by atoms with Crippen LogP contribution in [0, 0.1) is 0 Å². The molecule has 6 heteroatoms. The van der Waals surface area contributed by atoms with Gasteiger partial charge in [0, 0.05) is 11.7 Å². The molecular formula is C14H21Cl2N3O. The molecule has 3 N–H and O–H groups in total. The summed E-state index contributed by atoms with van der Waals surface area (Å²) >= 11 is 12.1. The number of nitrogens with two attached hydrogens (primary N) is 1. The van der Waals surface area contributed by atoms with Crippen molar-refractivity contribution in [3.8, 4) is 0 Å². The van der Waals surface area contributed by atoms with Crippen LogP contribution >= 0.6 is 23.2 Å². The maximum Gasteiger partial charge on any atom is 0.241 e. The molecule has 1 rings (SSSR count). The predicted molar refractivity (Wildman–Crippen MR) is 86.5 cm³/mol. The molecular weight excluding hydrogens is 297 g/mol. The van der Waals surface area contributed by atoms with Crippen molar-refractivity contribution in [3.63, 3.8) is 0 Å². The van der Waals surface area contributed by atoms with Crippen LogP contribution in [0.25, 0.3) is 0 Å². The molecule has 0 aromatic heterocycles. The van der Waals surface area contributed by atoms with Gasteiger partial charge < -0.3 is 11.1 Å². The van der Waals surface area contributed by atoms with Gasteiger partial charge in [-0.1, -0.05) is 30.1 Å². The molecule has 1 aromatic rings. The Balaban J connectivity index is 2.86. The zero-order valence-corrected chi connectivity index (χ0v) is 13.7. The van der Waals surface area contributed by atoms with E-state index in [2.05, 4.69) is 19.2 Å². The fourth-order valence-electron chi connectivity index (χ4n) is 1.79. The molecule has 0 saturated carbocycles. The van der Waals surface area contributed by atoms with Crippen molar-refractivity contribution < 1.29 is 4.79 Å². The number of nitrogen functional groups attached to an aromatic ring is 1. The minimum atomic E-state index is -0.283. The van der Waals surface area contributed by atoms with Crippen molar-refractivity contribution in [2.75, 3.05) is 18.1 Å². The van der Waals surface area contributed by atoms with Crippen LogP contribution in [0.2, 0.25) is 10.0 Å². The Morgan fingerprint density at radius 1 is 1.35 bits per heavy atom. The first-order valence-corrected chi connectivity index (χ1v) is 7.30. The van der Waals surface area contributed by atoms with Crippen LogP contribution in [-0.4, -0.2) is 29.9 Å². The van der Waals surface area contributed by atoms with Crippen LogP contribution < -0.4 is 11.1 Å². The number of carbonyl (C=O) groups is 1. The minimum Gasteiger partial charge on any atom is -0.399 e. The second-order valence-corrected chi connectivity index (χ2v) is 5.76. The van der Waals surface area contributed by atoms with Crippen molar-refractivity contribution >= 4 is 40.5 Å². The molecule has 0 saturated heterocycles. The molecule has 112 valence electrons. The average Bonchev–Trinajstić information content (AvgIpc) is 2.39. The Morgan fingerprint density at radius 3 is 2.30 bits per heavy atom. The Morgan fingerprint density at radius 2 is 1.85 bits per heavy atom. The number of benzene rings is 1. The highest BCUT2D eigenvalue weighted by Crippen LogP contribution is 2.33. The van der Waals surface area contributed by atoms with Crippen LogP contribution in [0.5, 0.6) is 0 Å². The van der Waals surface area contributed by atoms with Gasteiger partial charge in [-0.25, -0.2) is 0 Å². The molecule has 2 atom stereocenters. The molecule has 0 bridgehead atoms. The van der Waals surface area contributed by atoms with Crippen LogP contribution in [0.15, 0.2) is 12.1 Å². The van der Waals surface area contributed by atoms with E-state index >= 15 is 0 Å². The SMILES string of the molecule is CCC(C)N(C)C(C)C(=O)Nc1c(Cl)cc(N)cc1Cl. The number of amides is 1. The summed E-state index contributed by atoms with van der Waals surface area (Å²) in [4.78, 5) is 14.3. The highest BCUT2D eigenvalue weighted by atomic mass is 35.5. The zero-order valence-electron chi connectivity index (χ0n) is 12.2. The summed E-state index contributed by atoms with van der Waals surface area (Å²) in [6.07, 6.45) is 0.970. The van der Waals surface area contributed by atoms with Gasteiger partial charge in [-0.2, -0.15) is 0 Å². The average molecular weight is 318 g/mol. The second-order valence-electron chi connectivity index (χ2n) is 4.95. The van der Waals surface area contributed by atoms with E-state index < -0.39 is 0 Å². The third kappa shape index (κ3) is 4.01. The van der Waals surface area contributed by atoms with Crippen LogP contribution in [0.1, 0.15) is 27.2 Å². The number of carbonyl (C=O) groups excluding carboxylic acids is 1. The molecule has 2 unspecified atom stereocenters. The normalized spacial score (nSPS) is 14.2. The predicted octanol–water partition coefficient (Wildman–Crippen LogP) is 3.63. The summed E-state index contributed by atoms with van der Waals surface area (Å²) in [5, 5.41) is 3.44. The molecule has 1 amide bonds. The Bertz CT molecular complexity index is 470. The van der Waals surface area contributed by atoms with Gasteiger partial charge in [0.2, 0.25) is 5.91 Å². The van der Waals surface area contributed by atoms with E-state index in [0.29, 0.717) is 27.5 Å². The Hall–Kier alpha value is -0.970. The van der Waals surface area contributed by atoms with Gasteiger partial charge >= 0.3 is 0 Å². The van der Waals surface area contributed by atoms with E-state index in [1.807, 2.05) is 18.9 Å². The second kappa shape index (κ2) is 7.16. The topological polar surface area (TPSA) is 58.4 Å². The Labute approximate surface area is 130 Å². The lowest BCUT2D eigenvalue weighted by molar-refractivity contribution is -0.121. The first kappa shape index (κ1) is 17.1.